The molecule has 0 aromatic carbocycles. The number of hydrogen-bond donors (Lipinski definition) is 2. The Kier molecular flexibility index (Phi) is 4.25. The zero-order valence-corrected chi connectivity index (χ0v) is 8.20. The summed E-state index contributed by atoms with van der Waals surface area (Å²) in [6.45, 7) is 2.69. The Bertz CT molecular complexity index is 262. The Labute approximate surface area is 82.8 Å². The van der Waals surface area contributed by atoms with E-state index in [-0.39, 0.29) is 6.04 Å². The molecule has 0 spiro atoms. The molecule has 0 fully saturated rings. The predicted octanol–water partition coefficient (Wildman–Crippen LogP) is 1.15. The van der Waals surface area contributed by atoms with Gasteiger partial charge in [0.25, 0.3) is 0 Å². The Hall–Kier alpha value is -1.23. The first-order valence-corrected chi connectivity index (χ1v) is 4.69. The minimum absolute atomic E-state index is 0.0913. The second-order valence-corrected chi connectivity index (χ2v) is 3.15. The number of hydrogen-bond acceptors (Lipinski definition) is 4. The summed E-state index contributed by atoms with van der Waals surface area (Å²) in [5.41, 5.74) is 5.77. The Morgan fingerprint density at radius 3 is 2.71 bits per heavy atom. The molecule has 0 bridgehead atoms. The standard InChI is InChI=1S/C9H15FN4/c1-2-3-8(11)6-14-9-12-4-7(10)5-13-9/h4-5,8H,2-3,6,11H2,1H3,(H,12,13,14). The highest BCUT2D eigenvalue weighted by Crippen LogP contribution is 1.99. The van der Waals surface area contributed by atoms with Gasteiger partial charge in [-0.05, 0) is 6.42 Å². The maximum atomic E-state index is 12.4. The average Bonchev–Trinajstić information content (AvgIpc) is 2.17. The maximum Gasteiger partial charge on any atom is 0.222 e. The summed E-state index contributed by atoms with van der Waals surface area (Å²) in [6.07, 6.45) is 4.25. The SMILES string of the molecule is CCCC(N)CNc1ncc(F)cn1. The van der Waals surface area contributed by atoms with Gasteiger partial charge >= 0.3 is 0 Å². The number of nitrogens with one attached hydrogen (secondary N) is 1. The van der Waals surface area contributed by atoms with Gasteiger partial charge in [0.2, 0.25) is 5.95 Å². The molecule has 78 valence electrons. The van der Waals surface area contributed by atoms with Gasteiger partial charge in [0.1, 0.15) is 0 Å². The second kappa shape index (κ2) is 5.49. The molecule has 1 unspecified atom stereocenters. The van der Waals surface area contributed by atoms with E-state index in [0.717, 1.165) is 25.2 Å². The monoisotopic (exact) mass is 198 g/mol. The smallest absolute Gasteiger partial charge is 0.222 e. The zero-order chi connectivity index (χ0) is 10.4. The van der Waals surface area contributed by atoms with Gasteiger partial charge < -0.3 is 11.1 Å². The minimum Gasteiger partial charge on any atom is -0.353 e. The van der Waals surface area contributed by atoms with Crippen LogP contribution in [0.3, 0.4) is 0 Å². The van der Waals surface area contributed by atoms with Crippen LogP contribution in [-0.2, 0) is 0 Å². The van der Waals surface area contributed by atoms with E-state index in [1.807, 2.05) is 0 Å². The van der Waals surface area contributed by atoms with Gasteiger partial charge in [0, 0.05) is 12.6 Å². The topological polar surface area (TPSA) is 63.8 Å². The van der Waals surface area contributed by atoms with Crippen LogP contribution in [0.25, 0.3) is 0 Å². The molecule has 1 atom stereocenters. The summed E-state index contributed by atoms with van der Waals surface area (Å²) in [6, 6.07) is 0.0913. The quantitative estimate of drug-likeness (QED) is 0.745. The van der Waals surface area contributed by atoms with Crippen LogP contribution in [0, 0.1) is 5.82 Å². The highest BCUT2D eigenvalue weighted by atomic mass is 19.1. The van der Waals surface area contributed by atoms with Crippen molar-refractivity contribution in [2.75, 3.05) is 11.9 Å². The van der Waals surface area contributed by atoms with Crippen molar-refractivity contribution in [1.29, 1.82) is 0 Å². The van der Waals surface area contributed by atoms with Crippen LogP contribution in [0.5, 0.6) is 0 Å². The molecule has 14 heavy (non-hydrogen) atoms. The van der Waals surface area contributed by atoms with Crippen molar-refractivity contribution in [2.24, 2.45) is 5.73 Å². The van der Waals surface area contributed by atoms with E-state index in [1.165, 1.54) is 0 Å². The highest BCUT2D eigenvalue weighted by Gasteiger charge is 2.01. The number of nitrogens with zero attached hydrogens (tertiary/aromatic N) is 2. The van der Waals surface area contributed by atoms with Crippen LogP contribution in [0.15, 0.2) is 12.4 Å². The molecule has 1 rings (SSSR count). The third kappa shape index (κ3) is 3.66. The molecule has 4 nitrogen and oxygen atoms in total. The summed E-state index contributed by atoms with van der Waals surface area (Å²) in [5.74, 6) is -0.0219. The third-order valence-corrected chi connectivity index (χ3v) is 1.80. The molecular weight excluding hydrogens is 183 g/mol. The van der Waals surface area contributed by atoms with Crippen molar-refractivity contribution in [3.05, 3.63) is 18.2 Å². The Morgan fingerprint density at radius 1 is 1.50 bits per heavy atom. The third-order valence-electron chi connectivity index (χ3n) is 1.80. The second-order valence-electron chi connectivity index (χ2n) is 3.15. The molecule has 1 heterocycles. The average molecular weight is 198 g/mol. The molecule has 3 N–H and O–H groups in total. The van der Waals surface area contributed by atoms with Gasteiger partial charge in [-0.3, -0.25) is 0 Å². The molecule has 0 aliphatic carbocycles. The van der Waals surface area contributed by atoms with E-state index in [9.17, 15) is 4.39 Å². The summed E-state index contributed by atoms with van der Waals surface area (Å²) in [5, 5.41) is 2.94. The van der Waals surface area contributed by atoms with Crippen LogP contribution < -0.4 is 11.1 Å². The van der Waals surface area contributed by atoms with Crippen molar-refractivity contribution in [2.45, 2.75) is 25.8 Å². The summed E-state index contributed by atoms with van der Waals surface area (Å²) >= 11 is 0. The van der Waals surface area contributed by atoms with Gasteiger partial charge in [0.05, 0.1) is 12.4 Å². The lowest BCUT2D eigenvalue weighted by atomic mass is 10.2. The normalized spacial score (nSPS) is 12.5. The van der Waals surface area contributed by atoms with Crippen LogP contribution in [0.2, 0.25) is 0 Å². The van der Waals surface area contributed by atoms with Crippen molar-refractivity contribution >= 4 is 5.95 Å². The lowest BCUT2D eigenvalue weighted by Gasteiger charge is -2.10. The summed E-state index contributed by atoms with van der Waals surface area (Å²) in [7, 11) is 0. The van der Waals surface area contributed by atoms with Crippen molar-refractivity contribution in [3.8, 4) is 0 Å². The van der Waals surface area contributed by atoms with E-state index in [2.05, 4.69) is 22.2 Å². The van der Waals surface area contributed by atoms with Crippen LogP contribution in [0.1, 0.15) is 19.8 Å². The van der Waals surface area contributed by atoms with Crippen molar-refractivity contribution < 1.29 is 4.39 Å². The highest BCUT2D eigenvalue weighted by molar-refractivity contribution is 5.22. The first-order chi connectivity index (χ1) is 6.72. The van der Waals surface area contributed by atoms with Gasteiger partial charge in [-0.1, -0.05) is 13.3 Å². The van der Waals surface area contributed by atoms with Crippen LogP contribution >= 0.6 is 0 Å². The molecule has 1 aromatic heterocycles. The molecule has 5 heteroatoms. The summed E-state index contributed by atoms with van der Waals surface area (Å²) < 4.78 is 12.4. The minimum atomic E-state index is -0.437. The number of rotatable bonds is 5. The lowest BCUT2D eigenvalue weighted by molar-refractivity contribution is 0.609. The zero-order valence-electron chi connectivity index (χ0n) is 8.20. The summed E-state index contributed by atoms with van der Waals surface area (Å²) in [4.78, 5) is 7.52. The van der Waals surface area contributed by atoms with Crippen molar-refractivity contribution in [1.82, 2.24) is 9.97 Å². The number of nitrogens with two attached hydrogens (primary N) is 1. The fourth-order valence-corrected chi connectivity index (χ4v) is 1.10. The largest absolute Gasteiger partial charge is 0.353 e. The number of anilines is 1. The molecule has 0 aliphatic heterocycles. The predicted molar refractivity (Wildman–Crippen MR) is 53.4 cm³/mol. The molecule has 0 amide bonds. The Morgan fingerprint density at radius 2 is 2.14 bits per heavy atom. The van der Waals surface area contributed by atoms with E-state index >= 15 is 0 Å². The van der Waals surface area contributed by atoms with E-state index in [4.69, 9.17) is 5.73 Å². The Balaban J connectivity index is 2.34. The molecule has 0 radical (unpaired) electrons. The first kappa shape index (κ1) is 10.8. The van der Waals surface area contributed by atoms with Crippen molar-refractivity contribution in [3.63, 3.8) is 0 Å². The maximum absolute atomic E-state index is 12.4. The fourth-order valence-electron chi connectivity index (χ4n) is 1.10. The molecule has 0 saturated carbocycles. The fraction of sp³-hybridized carbons (Fsp3) is 0.556. The van der Waals surface area contributed by atoms with Gasteiger partial charge in [-0.2, -0.15) is 0 Å². The van der Waals surface area contributed by atoms with Gasteiger partial charge in [-0.15, -0.1) is 0 Å². The van der Waals surface area contributed by atoms with Gasteiger partial charge in [-0.25, -0.2) is 14.4 Å². The van der Waals surface area contributed by atoms with E-state index < -0.39 is 5.82 Å². The first-order valence-electron chi connectivity index (χ1n) is 4.69. The van der Waals surface area contributed by atoms with Gasteiger partial charge in [0.15, 0.2) is 5.82 Å². The lowest BCUT2D eigenvalue weighted by Crippen LogP contribution is -2.29. The van der Waals surface area contributed by atoms with E-state index in [1.54, 1.807) is 0 Å². The number of halogens is 1. The molecular formula is C9H15FN4. The van der Waals surface area contributed by atoms with Crippen LogP contribution in [-0.4, -0.2) is 22.6 Å². The molecule has 0 aliphatic rings. The molecule has 0 saturated heterocycles. The number of aromatic nitrogens is 2. The van der Waals surface area contributed by atoms with Crippen LogP contribution in [0.4, 0.5) is 10.3 Å². The molecule has 1 aromatic rings. The van der Waals surface area contributed by atoms with E-state index in [0.29, 0.717) is 12.5 Å².